The molecule has 0 bridgehead atoms. The first-order valence-electron chi connectivity index (χ1n) is 12.6. The lowest BCUT2D eigenvalue weighted by molar-refractivity contribution is -0.119. The Morgan fingerprint density at radius 2 is 1.42 bits per heavy atom. The van der Waals surface area contributed by atoms with Crippen molar-refractivity contribution in [2.45, 2.75) is 92.4 Å². The maximum absolute atomic E-state index is 12.5. The maximum atomic E-state index is 12.5. The molecule has 2 atom stereocenters. The first-order chi connectivity index (χ1) is 15.7. The molecule has 0 radical (unpaired) electrons. The second kappa shape index (κ2) is 16.2. The Morgan fingerprint density at radius 3 is 1.97 bits per heavy atom. The third kappa shape index (κ3) is 11.5. The Hall–Kier alpha value is -1.49. The molecule has 0 N–H and O–H groups in total. The molecule has 1 aliphatic carbocycles. The van der Waals surface area contributed by atoms with E-state index < -0.39 is 0 Å². The number of rotatable bonds is 17. The number of hydrogen-bond donors (Lipinski definition) is 0. The van der Waals surface area contributed by atoms with Gasteiger partial charge in [-0.3, -0.25) is 9.59 Å². The number of ether oxygens (including phenoxy) is 2. The predicted molar refractivity (Wildman–Crippen MR) is 140 cm³/mol. The van der Waals surface area contributed by atoms with Crippen molar-refractivity contribution >= 4 is 23.3 Å². The van der Waals surface area contributed by atoms with Gasteiger partial charge >= 0.3 is 0 Å². The topological polar surface area (TPSA) is 52.6 Å². The van der Waals surface area contributed by atoms with Gasteiger partial charge in [0.05, 0.1) is 19.1 Å². The minimum Gasteiger partial charge on any atom is -0.490 e. The molecule has 0 amide bonds. The summed E-state index contributed by atoms with van der Waals surface area (Å²) in [5.41, 5.74) is 1.34. The van der Waals surface area contributed by atoms with Gasteiger partial charge in [0.25, 0.3) is 0 Å². The fourth-order valence-electron chi connectivity index (χ4n) is 4.15. The van der Waals surface area contributed by atoms with Gasteiger partial charge in [-0.2, -0.15) is 0 Å². The number of carbonyl (C=O) groups is 2. The highest BCUT2D eigenvalue weighted by Gasteiger charge is 2.30. The first kappa shape index (κ1) is 29.5. The molecule has 4 nitrogen and oxygen atoms in total. The van der Waals surface area contributed by atoms with Crippen molar-refractivity contribution in [3.05, 3.63) is 34.1 Å². The summed E-state index contributed by atoms with van der Waals surface area (Å²) in [6, 6.07) is 0. The van der Waals surface area contributed by atoms with Gasteiger partial charge in [0.2, 0.25) is 23.1 Å². The van der Waals surface area contributed by atoms with Gasteiger partial charge in [-0.15, -0.1) is 11.8 Å². The van der Waals surface area contributed by atoms with Crippen LogP contribution in [0.2, 0.25) is 0 Å². The normalized spacial score (nSPS) is 16.8. The summed E-state index contributed by atoms with van der Waals surface area (Å²) in [5, 5.41) is 0. The smallest absolute Gasteiger partial charge is 0.238 e. The Kier molecular flexibility index (Phi) is 14.5. The molecule has 0 heterocycles. The highest BCUT2D eigenvalue weighted by molar-refractivity contribution is 8.04. The highest BCUT2D eigenvalue weighted by atomic mass is 32.2. The zero-order valence-electron chi connectivity index (χ0n) is 22.0. The second-order valence-electron chi connectivity index (χ2n) is 9.99. The van der Waals surface area contributed by atoms with Crippen molar-refractivity contribution in [1.82, 2.24) is 0 Å². The van der Waals surface area contributed by atoms with E-state index in [1.807, 2.05) is 0 Å². The molecule has 188 valence electrons. The van der Waals surface area contributed by atoms with Gasteiger partial charge in [0.15, 0.2) is 0 Å². The van der Waals surface area contributed by atoms with Crippen molar-refractivity contribution in [2.24, 2.45) is 17.8 Å². The average Bonchev–Trinajstić information content (AvgIpc) is 2.75. The van der Waals surface area contributed by atoms with E-state index in [-0.39, 0.29) is 23.1 Å². The molecule has 1 rings (SSSR count). The van der Waals surface area contributed by atoms with Gasteiger partial charge in [-0.05, 0) is 37.5 Å². The van der Waals surface area contributed by atoms with Crippen LogP contribution in [0.3, 0.4) is 0 Å². The first-order valence-corrected chi connectivity index (χ1v) is 13.6. The van der Waals surface area contributed by atoms with Crippen LogP contribution in [0.4, 0.5) is 0 Å². The number of hydrogen-bond acceptors (Lipinski definition) is 5. The van der Waals surface area contributed by atoms with E-state index in [1.165, 1.54) is 89.0 Å². The van der Waals surface area contributed by atoms with Gasteiger partial charge in [-0.25, -0.2) is 0 Å². The van der Waals surface area contributed by atoms with Crippen LogP contribution < -0.4 is 0 Å². The van der Waals surface area contributed by atoms with Gasteiger partial charge in [0, 0.05) is 11.8 Å². The Bertz CT molecular complexity index is 717. The van der Waals surface area contributed by atoms with Crippen LogP contribution in [-0.4, -0.2) is 31.5 Å². The Balaban J connectivity index is 2.26. The molecule has 0 aromatic carbocycles. The van der Waals surface area contributed by atoms with E-state index >= 15 is 0 Å². The summed E-state index contributed by atoms with van der Waals surface area (Å²) in [6.45, 7) is 11.6. The number of carbonyl (C=O) groups excluding carboxylic acids is 2. The molecule has 1 aliphatic rings. The monoisotopic (exact) mass is 478 g/mol. The van der Waals surface area contributed by atoms with Gasteiger partial charge in [-0.1, -0.05) is 84.3 Å². The summed E-state index contributed by atoms with van der Waals surface area (Å²) in [6.07, 6.45) is 15.2. The van der Waals surface area contributed by atoms with Crippen molar-refractivity contribution in [3.8, 4) is 0 Å². The molecule has 0 spiro atoms. The molecule has 5 heteroatoms. The minimum atomic E-state index is -0.323. The standard InChI is InChI=1S/C28H46O4S/c1-20(2)11-8-12-21(3)13-9-14-22(4)15-10-16-23(5)17-18-33-25-19-24(29)27(31-6)28(32-7)26(25)30/h17,19-22H,8-16,18H2,1-7H3/b23-17+/t21-,22-/m1/s1. The fourth-order valence-corrected chi connectivity index (χ4v) is 5.11. The lowest BCUT2D eigenvalue weighted by Gasteiger charge is -2.16. The lowest BCUT2D eigenvalue weighted by Crippen LogP contribution is -2.20. The zero-order valence-corrected chi connectivity index (χ0v) is 22.8. The molecule has 0 saturated heterocycles. The molecule has 0 saturated carbocycles. The Labute approximate surface area is 206 Å². The van der Waals surface area contributed by atoms with Crippen molar-refractivity contribution in [3.63, 3.8) is 0 Å². The van der Waals surface area contributed by atoms with E-state index in [4.69, 9.17) is 9.47 Å². The van der Waals surface area contributed by atoms with Crippen LogP contribution in [-0.2, 0) is 19.1 Å². The molecule has 0 aromatic heterocycles. The summed E-state index contributed by atoms with van der Waals surface area (Å²) < 4.78 is 10.1. The van der Waals surface area contributed by atoms with E-state index in [0.717, 1.165) is 24.2 Å². The maximum Gasteiger partial charge on any atom is 0.238 e. The lowest BCUT2D eigenvalue weighted by atomic mass is 9.91. The number of Topliss-reactive ketones (excluding diaryl/α,β-unsaturated/α-hetero) is 1. The average molecular weight is 479 g/mol. The summed E-state index contributed by atoms with van der Waals surface area (Å²) >= 11 is 1.37. The van der Waals surface area contributed by atoms with Crippen molar-refractivity contribution in [2.75, 3.05) is 20.0 Å². The SMILES string of the molecule is COC1=C(OC)C(=O)C(SC/C=C(\C)CCC[C@H](C)CCC[C@H](C)CCCC(C)C)=CC1=O. The minimum absolute atomic E-state index is 0.00728. The fraction of sp³-hybridized carbons (Fsp3) is 0.714. The highest BCUT2D eigenvalue weighted by Crippen LogP contribution is 2.28. The summed E-state index contributed by atoms with van der Waals surface area (Å²) in [4.78, 5) is 25.0. The molecule has 0 fully saturated rings. The third-order valence-electron chi connectivity index (χ3n) is 6.34. The molecule has 0 aromatic rings. The quantitative estimate of drug-likeness (QED) is 0.159. The summed E-state index contributed by atoms with van der Waals surface area (Å²) in [5.74, 6) is 2.50. The van der Waals surface area contributed by atoms with Crippen LogP contribution in [0.25, 0.3) is 0 Å². The third-order valence-corrected chi connectivity index (χ3v) is 7.29. The molecule has 0 aliphatic heterocycles. The van der Waals surface area contributed by atoms with E-state index in [0.29, 0.717) is 10.7 Å². The van der Waals surface area contributed by atoms with Crippen molar-refractivity contribution < 1.29 is 19.1 Å². The number of methoxy groups -OCH3 is 2. The van der Waals surface area contributed by atoms with Crippen molar-refractivity contribution in [1.29, 1.82) is 0 Å². The molecule has 0 unspecified atom stereocenters. The van der Waals surface area contributed by atoms with E-state index in [2.05, 4.69) is 40.7 Å². The second-order valence-corrected chi connectivity index (χ2v) is 11.1. The van der Waals surface area contributed by atoms with Crippen LogP contribution in [0.15, 0.2) is 34.1 Å². The van der Waals surface area contributed by atoms with Crippen LogP contribution in [0.1, 0.15) is 92.4 Å². The number of allylic oxidation sites excluding steroid dienone is 3. The Morgan fingerprint density at radius 1 is 0.879 bits per heavy atom. The molecule has 33 heavy (non-hydrogen) atoms. The summed E-state index contributed by atoms with van der Waals surface area (Å²) in [7, 11) is 2.75. The molecular formula is C28H46O4S. The number of ketones is 2. The predicted octanol–water partition coefficient (Wildman–Crippen LogP) is 7.65. The number of thioether (sulfide) groups is 1. The van der Waals surface area contributed by atoms with Crippen LogP contribution >= 0.6 is 11.8 Å². The zero-order chi connectivity index (χ0) is 24.8. The van der Waals surface area contributed by atoms with E-state index in [1.54, 1.807) is 0 Å². The van der Waals surface area contributed by atoms with Crippen LogP contribution in [0, 0.1) is 17.8 Å². The molecular weight excluding hydrogens is 432 g/mol. The van der Waals surface area contributed by atoms with Crippen LogP contribution in [0.5, 0.6) is 0 Å². The van der Waals surface area contributed by atoms with E-state index in [9.17, 15) is 9.59 Å². The van der Waals surface area contributed by atoms with Gasteiger partial charge < -0.3 is 9.47 Å². The van der Waals surface area contributed by atoms with Gasteiger partial charge in [0.1, 0.15) is 0 Å². The largest absolute Gasteiger partial charge is 0.490 e.